The molecule has 1 aliphatic carbocycles. The van der Waals surface area contributed by atoms with Gasteiger partial charge in [-0.1, -0.05) is 12.0 Å². The molecule has 2 aromatic carbocycles. The van der Waals surface area contributed by atoms with Crippen LogP contribution in [0.3, 0.4) is 0 Å². The van der Waals surface area contributed by atoms with Crippen LogP contribution in [-0.2, 0) is 4.79 Å². The number of halogens is 1. The van der Waals surface area contributed by atoms with Gasteiger partial charge in [0.25, 0.3) is 5.91 Å². The minimum Gasteiger partial charge on any atom is -0.457 e. The van der Waals surface area contributed by atoms with Crippen molar-refractivity contribution in [3.8, 4) is 34.6 Å². The lowest BCUT2D eigenvalue weighted by Gasteiger charge is -2.40. The van der Waals surface area contributed by atoms with Crippen molar-refractivity contribution in [2.75, 3.05) is 12.8 Å². The highest BCUT2D eigenvalue weighted by molar-refractivity contribution is 6.00. The number of ether oxygens (including phenoxy) is 1. The molecule has 176 valence electrons. The van der Waals surface area contributed by atoms with Gasteiger partial charge in [0.1, 0.15) is 28.8 Å². The van der Waals surface area contributed by atoms with Gasteiger partial charge in [-0.3, -0.25) is 9.48 Å². The molecule has 2 heterocycles. The smallest absolute Gasteiger partial charge is 0.298 e. The summed E-state index contributed by atoms with van der Waals surface area (Å²) in [6, 6.07) is 15.6. The van der Waals surface area contributed by atoms with E-state index in [0.717, 1.165) is 35.0 Å². The zero-order valence-electron chi connectivity index (χ0n) is 19.4. The standard InChI is InChI=1S/C27H24FN5O2/c1-3-5-24(34)32(2)19-15-20(16-19)33-23-12-13-30-27(29)25(23)26(31-33)17-8-10-21(11-9-17)35-22-7-4-6-18(28)14-22/h4,6-14,19-20H,15-16H2,1-2H3,(H2,29,30). The molecule has 1 fully saturated rings. The SMILES string of the molecule is CC#CC(=O)N(C)C1CC(n2nc(-c3ccc(Oc4cccc(F)c4)cc3)c3c(N)nccc32)C1. The number of benzene rings is 2. The number of nitrogen functional groups attached to an aromatic ring is 1. The third-order valence-corrected chi connectivity index (χ3v) is 6.34. The maximum absolute atomic E-state index is 13.5. The van der Waals surface area contributed by atoms with Crippen molar-refractivity contribution in [1.29, 1.82) is 0 Å². The van der Waals surface area contributed by atoms with E-state index >= 15 is 0 Å². The third kappa shape index (κ3) is 4.28. The van der Waals surface area contributed by atoms with Gasteiger partial charge in [0.15, 0.2) is 0 Å². The number of pyridine rings is 1. The molecule has 1 amide bonds. The zero-order valence-corrected chi connectivity index (χ0v) is 19.4. The Labute approximate surface area is 202 Å². The van der Waals surface area contributed by atoms with Gasteiger partial charge >= 0.3 is 0 Å². The third-order valence-electron chi connectivity index (χ3n) is 6.34. The monoisotopic (exact) mass is 469 g/mol. The van der Waals surface area contributed by atoms with E-state index in [2.05, 4.69) is 16.8 Å². The molecule has 0 saturated heterocycles. The van der Waals surface area contributed by atoms with Crippen LogP contribution < -0.4 is 10.5 Å². The zero-order chi connectivity index (χ0) is 24.5. The van der Waals surface area contributed by atoms with E-state index in [1.165, 1.54) is 12.1 Å². The number of hydrogen-bond donors (Lipinski definition) is 1. The summed E-state index contributed by atoms with van der Waals surface area (Å²) in [6.07, 6.45) is 3.25. The number of amides is 1. The lowest BCUT2D eigenvalue weighted by Crippen LogP contribution is -2.46. The number of nitrogens with two attached hydrogens (primary N) is 1. The summed E-state index contributed by atoms with van der Waals surface area (Å²) in [5.74, 6) is 6.15. The molecule has 5 rings (SSSR count). The van der Waals surface area contributed by atoms with Crippen LogP contribution >= 0.6 is 0 Å². The summed E-state index contributed by atoms with van der Waals surface area (Å²) < 4.78 is 21.2. The first-order chi connectivity index (χ1) is 16.9. The molecular formula is C27H24FN5O2. The predicted molar refractivity (Wildman–Crippen MR) is 132 cm³/mol. The number of fused-ring (bicyclic) bond motifs is 1. The van der Waals surface area contributed by atoms with Crippen molar-refractivity contribution in [2.45, 2.75) is 31.8 Å². The van der Waals surface area contributed by atoms with Gasteiger partial charge in [-0.05, 0) is 68.2 Å². The summed E-state index contributed by atoms with van der Waals surface area (Å²) in [4.78, 5) is 18.1. The van der Waals surface area contributed by atoms with Gasteiger partial charge in [-0.25, -0.2) is 9.37 Å². The van der Waals surface area contributed by atoms with Crippen molar-refractivity contribution < 1.29 is 13.9 Å². The normalized spacial score (nSPS) is 16.8. The Morgan fingerprint density at radius 2 is 1.94 bits per heavy atom. The number of carbonyl (C=O) groups excluding carboxylic acids is 1. The van der Waals surface area contributed by atoms with Crippen molar-refractivity contribution in [1.82, 2.24) is 19.7 Å². The van der Waals surface area contributed by atoms with Gasteiger partial charge in [0.2, 0.25) is 0 Å². The maximum Gasteiger partial charge on any atom is 0.298 e. The van der Waals surface area contributed by atoms with Crippen LogP contribution in [0.5, 0.6) is 11.5 Å². The Kier molecular flexibility index (Phi) is 5.83. The van der Waals surface area contributed by atoms with E-state index in [1.54, 1.807) is 37.2 Å². The fourth-order valence-corrected chi connectivity index (χ4v) is 4.38. The number of carbonyl (C=O) groups is 1. The van der Waals surface area contributed by atoms with Gasteiger partial charge in [-0.2, -0.15) is 5.10 Å². The van der Waals surface area contributed by atoms with Crippen molar-refractivity contribution in [3.63, 3.8) is 0 Å². The fraction of sp³-hybridized carbons (Fsp3) is 0.222. The molecule has 7 nitrogen and oxygen atoms in total. The molecule has 1 saturated carbocycles. The Hall–Kier alpha value is -4.38. The highest BCUT2D eigenvalue weighted by Gasteiger charge is 2.36. The average Bonchev–Trinajstić information content (AvgIpc) is 3.19. The van der Waals surface area contributed by atoms with Crippen molar-refractivity contribution in [3.05, 3.63) is 66.6 Å². The Morgan fingerprint density at radius 3 is 2.66 bits per heavy atom. The lowest BCUT2D eigenvalue weighted by molar-refractivity contribution is -0.128. The summed E-state index contributed by atoms with van der Waals surface area (Å²) in [7, 11) is 1.79. The minimum absolute atomic E-state index is 0.120. The molecule has 2 N–H and O–H groups in total. The second kappa shape index (κ2) is 9.11. The minimum atomic E-state index is -0.355. The van der Waals surface area contributed by atoms with E-state index in [-0.39, 0.29) is 23.8 Å². The number of aromatic nitrogens is 3. The van der Waals surface area contributed by atoms with Crippen molar-refractivity contribution in [2.24, 2.45) is 0 Å². The van der Waals surface area contributed by atoms with E-state index in [1.807, 2.05) is 35.0 Å². The topological polar surface area (TPSA) is 86.3 Å². The number of hydrogen-bond acceptors (Lipinski definition) is 5. The molecule has 4 aromatic rings. The quantitative estimate of drug-likeness (QED) is 0.425. The Morgan fingerprint density at radius 1 is 1.17 bits per heavy atom. The van der Waals surface area contributed by atoms with Crippen LogP contribution in [0.4, 0.5) is 10.2 Å². The van der Waals surface area contributed by atoms with E-state index in [4.69, 9.17) is 15.6 Å². The van der Waals surface area contributed by atoms with E-state index in [9.17, 15) is 9.18 Å². The van der Waals surface area contributed by atoms with Gasteiger partial charge in [-0.15, -0.1) is 0 Å². The molecule has 0 spiro atoms. The molecule has 1 aliphatic rings. The molecule has 0 atom stereocenters. The summed E-state index contributed by atoms with van der Waals surface area (Å²) in [5, 5.41) is 5.71. The maximum atomic E-state index is 13.5. The molecule has 0 aliphatic heterocycles. The molecule has 35 heavy (non-hydrogen) atoms. The number of rotatable bonds is 5. The number of nitrogens with zero attached hydrogens (tertiary/aromatic N) is 4. The first-order valence-electron chi connectivity index (χ1n) is 11.3. The molecule has 0 bridgehead atoms. The average molecular weight is 470 g/mol. The predicted octanol–water partition coefficient (Wildman–Crippen LogP) is 4.80. The Bertz CT molecular complexity index is 1460. The van der Waals surface area contributed by atoms with E-state index < -0.39 is 0 Å². The van der Waals surface area contributed by atoms with Gasteiger partial charge in [0, 0.05) is 30.9 Å². The number of anilines is 1. The first kappa shape index (κ1) is 22.4. The fourth-order valence-electron chi connectivity index (χ4n) is 4.38. The highest BCUT2D eigenvalue weighted by Crippen LogP contribution is 2.40. The molecule has 2 aromatic heterocycles. The summed E-state index contributed by atoms with van der Waals surface area (Å²) in [6.45, 7) is 1.66. The van der Waals surface area contributed by atoms with Gasteiger partial charge < -0.3 is 15.4 Å². The Balaban J connectivity index is 1.41. The molecule has 8 heteroatoms. The molecule has 0 unspecified atom stereocenters. The lowest BCUT2D eigenvalue weighted by atomic mass is 9.85. The summed E-state index contributed by atoms with van der Waals surface area (Å²) >= 11 is 0. The van der Waals surface area contributed by atoms with Crippen LogP contribution in [0.1, 0.15) is 25.8 Å². The van der Waals surface area contributed by atoms with Crippen LogP contribution in [-0.4, -0.2) is 38.7 Å². The van der Waals surface area contributed by atoms with Crippen molar-refractivity contribution >= 4 is 22.6 Å². The van der Waals surface area contributed by atoms with Crippen LogP contribution in [0.25, 0.3) is 22.2 Å². The van der Waals surface area contributed by atoms with Crippen LogP contribution in [0.15, 0.2) is 60.8 Å². The van der Waals surface area contributed by atoms with Crippen LogP contribution in [0, 0.1) is 17.7 Å². The summed E-state index contributed by atoms with van der Waals surface area (Å²) in [5.41, 5.74) is 8.76. The van der Waals surface area contributed by atoms with E-state index in [0.29, 0.717) is 17.3 Å². The first-order valence-corrected chi connectivity index (χ1v) is 11.3. The largest absolute Gasteiger partial charge is 0.457 e. The second-order valence-corrected chi connectivity index (χ2v) is 8.54. The molecule has 0 radical (unpaired) electrons. The molecular weight excluding hydrogens is 445 g/mol. The van der Waals surface area contributed by atoms with Gasteiger partial charge in [0.05, 0.1) is 16.9 Å². The highest BCUT2D eigenvalue weighted by atomic mass is 19.1. The second-order valence-electron chi connectivity index (χ2n) is 8.54. The van der Waals surface area contributed by atoms with Crippen LogP contribution in [0.2, 0.25) is 0 Å².